The van der Waals surface area contributed by atoms with Crippen molar-refractivity contribution in [3.8, 4) is 11.5 Å². The van der Waals surface area contributed by atoms with Crippen LogP contribution < -0.4 is 9.46 Å². The molecule has 0 bridgehead atoms. The van der Waals surface area contributed by atoms with E-state index in [-0.39, 0.29) is 0 Å². The Morgan fingerprint density at radius 3 is 2.31 bits per heavy atom. The van der Waals surface area contributed by atoms with E-state index in [0.29, 0.717) is 18.0 Å². The normalized spacial score (nSPS) is 11.8. The summed E-state index contributed by atoms with van der Waals surface area (Å²) in [5, 5.41) is -0.495. The zero-order valence-electron chi connectivity index (χ0n) is 15.8. The predicted molar refractivity (Wildman–Crippen MR) is 110 cm³/mol. The van der Waals surface area contributed by atoms with E-state index < -0.39 is 15.3 Å². The maximum Gasteiger partial charge on any atom is 0.235 e. The molecule has 0 aliphatic heterocycles. The molecule has 142 valence electrons. The average molecular weight is 395 g/mol. The van der Waals surface area contributed by atoms with E-state index >= 15 is 0 Å². The molecule has 5 nitrogen and oxygen atoms in total. The van der Waals surface area contributed by atoms with Crippen molar-refractivity contribution in [3.05, 3.63) is 48.0 Å². The molecule has 0 aliphatic rings. The molecule has 2 aromatic carbocycles. The fourth-order valence-electron chi connectivity index (χ4n) is 2.26. The van der Waals surface area contributed by atoms with Gasteiger partial charge in [0.2, 0.25) is 10.0 Å². The molecule has 0 unspecified atom stereocenters. The van der Waals surface area contributed by atoms with Crippen molar-refractivity contribution in [2.24, 2.45) is 0 Å². The third-order valence-electron chi connectivity index (χ3n) is 3.72. The molecule has 2 rings (SSSR count). The Bertz CT molecular complexity index is 832. The summed E-state index contributed by atoms with van der Waals surface area (Å²) < 4.78 is 32.9. The van der Waals surface area contributed by atoms with Crippen LogP contribution in [0.15, 0.2) is 47.4 Å². The number of nitrogens with zero attached hydrogens (tertiary/aromatic N) is 1. The smallest absolute Gasteiger partial charge is 0.235 e. The van der Waals surface area contributed by atoms with E-state index in [1.54, 1.807) is 37.7 Å². The Labute approximate surface area is 160 Å². The Morgan fingerprint density at radius 1 is 1.12 bits per heavy atom. The van der Waals surface area contributed by atoms with Crippen LogP contribution in [0.5, 0.6) is 11.5 Å². The van der Waals surface area contributed by atoms with Crippen LogP contribution in [0.4, 0.5) is 5.69 Å². The van der Waals surface area contributed by atoms with Crippen molar-refractivity contribution in [1.82, 2.24) is 4.90 Å². The van der Waals surface area contributed by atoms with Gasteiger partial charge in [0.05, 0.1) is 5.25 Å². The lowest BCUT2D eigenvalue weighted by atomic mass is 10.1. The van der Waals surface area contributed by atoms with Crippen molar-refractivity contribution >= 4 is 27.5 Å². The highest BCUT2D eigenvalue weighted by molar-refractivity contribution is 7.98. The molecule has 0 spiro atoms. The number of sulfonamides is 1. The minimum Gasteiger partial charge on any atom is -0.457 e. The first-order valence-electron chi connectivity index (χ1n) is 8.32. The first kappa shape index (κ1) is 20.6. The SMILES string of the molecule is CSc1ccc(Oc2ccc(NS(=O)(=O)C(C)C)cc2CN(C)C)cc1. The van der Waals surface area contributed by atoms with E-state index in [1.165, 1.54) is 4.90 Å². The quantitative estimate of drug-likeness (QED) is 0.672. The largest absolute Gasteiger partial charge is 0.457 e. The summed E-state index contributed by atoms with van der Waals surface area (Å²) in [6.07, 6.45) is 2.03. The minimum atomic E-state index is -3.38. The third kappa shape index (κ3) is 5.65. The summed E-state index contributed by atoms with van der Waals surface area (Å²) >= 11 is 1.68. The minimum absolute atomic E-state index is 0.495. The summed E-state index contributed by atoms with van der Waals surface area (Å²) in [6, 6.07) is 13.2. The Morgan fingerprint density at radius 2 is 1.77 bits per heavy atom. The Kier molecular flexibility index (Phi) is 6.97. The number of anilines is 1. The molecule has 26 heavy (non-hydrogen) atoms. The molecule has 0 aromatic heterocycles. The lowest BCUT2D eigenvalue weighted by molar-refractivity contribution is 0.388. The van der Waals surface area contributed by atoms with Crippen LogP contribution >= 0.6 is 11.8 Å². The van der Waals surface area contributed by atoms with Crippen LogP contribution in [-0.4, -0.2) is 38.9 Å². The first-order chi connectivity index (χ1) is 12.2. The second-order valence-corrected chi connectivity index (χ2v) is 9.65. The molecular weight excluding hydrogens is 368 g/mol. The molecule has 0 radical (unpaired) electrons. The van der Waals surface area contributed by atoms with Crippen molar-refractivity contribution in [3.63, 3.8) is 0 Å². The van der Waals surface area contributed by atoms with Crippen LogP contribution in [-0.2, 0) is 16.6 Å². The van der Waals surface area contributed by atoms with Gasteiger partial charge in [-0.05, 0) is 76.7 Å². The highest BCUT2D eigenvalue weighted by Gasteiger charge is 2.17. The van der Waals surface area contributed by atoms with Gasteiger partial charge in [-0.2, -0.15) is 0 Å². The molecule has 7 heteroatoms. The van der Waals surface area contributed by atoms with Crippen LogP contribution in [0.1, 0.15) is 19.4 Å². The number of rotatable bonds is 8. The Balaban J connectivity index is 2.30. The lowest BCUT2D eigenvalue weighted by Crippen LogP contribution is -2.22. The second-order valence-electron chi connectivity index (χ2n) is 6.53. The summed E-state index contributed by atoms with van der Waals surface area (Å²) in [5.41, 5.74) is 1.45. The zero-order valence-corrected chi connectivity index (χ0v) is 17.4. The van der Waals surface area contributed by atoms with Crippen molar-refractivity contribution in [1.29, 1.82) is 0 Å². The van der Waals surface area contributed by atoms with Crippen LogP contribution in [0.3, 0.4) is 0 Å². The van der Waals surface area contributed by atoms with Crippen LogP contribution in [0.2, 0.25) is 0 Å². The summed E-state index contributed by atoms with van der Waals surface area (Å²) in [7, 11) is 0.538. The molecule has 0 fully saturated rings. The number of benzene rings is 2. The standard InChI is InChI=1S/C19H26N2O3S2/c1-14(2)26(22,23)20-16-6-11-19(15(12-16)13-21(3)4)24-17-7-9-18(25-5)10-8-17/h6-12,14,20H,13H2,1-5H3. The summed E-state index contributed by atoms with van der Waals surface area (Å²) in [5.74, 6) is 1.46. The zero-order chi connectivity index (χ0) is 19.3. The number of ether oxygens (including phenoxy) is 1. The maximum absolute atomic E-state index is 12.1. The van der Waals surface area contributed by atoms with E-state index in [1.807, 2.05) is 55.6 Å². The lowest BCUT2D eigenvalue weighted by Gasteiger charge is -2.17. The van der Waals surface area contributed by atoms with Gasteiger partial charge in [-0.25, -0.2) is 8.42 Å². The summed E-state index contributed by atoms with van der Waals surface area (Å²) in [6.45, 7) is 3.94. The molecule has 0 aliphatic carbocycles. The van der Waals surface area contributed by atoms with E-state index in [9.17, 15) is 8.42 Å². The molecule has 1 N–H and O–H groups in total. The van der Waals surface area contributed by atoms with Gasteiger partial charge in [0.15, 0.2) is 0 Å². The van der Waals surface area contributed by atoms with Crippen LogP contribution in [0.25, 0.3) is 0 Å². The van der Waals surface area contributed by atoms with Gasteiger partial charge in [0, 0.05) is 22.7 Å². The highest BCUT2D eigenvalue weighted by atomic mass is 32.2. The van der Waals surface area contributed by atoms with Gasteiger partial charge in [0.25, 0.3) is 0 Å². The summed E-state index contributed by atoms with van der Waals surface area (Å²) in [4.78, 5) is 3.18. The van der Waals surface area contributed by atoms with Gasteiger partial charge in [0.1, 0.15) is 11.5 Å². The number of hydrogen-bond acceptors (Lipinski definition) is 5. The van der Waals surface area contributed by atoms with Gasteiger partial charge in [-0.1, -0.05) is 0 Å². The van der Waals surface area contributed by atoms with E-state index in [4.69, 9.17) is 4.74 Å². The molecular formula is C19H26N2O3S2. The van der Waals surface area contributed by atoms with Crippen molar-refractivity contribution in [2.75, 3.05) is 25.1 Å². The Hall–Kier alpha value is -1.70. The maximum atomic E-state index is 12.1. The predicted octanol–water partition coefficient (Wildman–Crippen LogP) is 4.41. The van der Waals surface area contributed by atoms with Gasteiger partial charge in [-0.3, -0.25) is 4.72 Å². The van der Waals surface area contributed by atoms with Gasteiger partial charge < -0.3 is 9.64 Å². The van der Waals surface area contributed by atoms with Gasteiger partial charge in [-0.15, -0.1) is 11.8 Å². The monoisotopic (exact) mass is 394 g/mol. The average Bonchev–Trinajstić information content (AvgIpc) is 2.57. The number of nitrogens with one attached hydrogen (secondary N) is 1. The number of thioether (sulfide) groups is 1. The fraction of sp³-hybridized carbons (Fsp3) is 0.368. The molecule has 0 amide bonds. The highest BCUT2D eigenvalue weighted by Crippen LogP contribution is 2.30. The molecule has 0 saturated heterocycles. The molecule has 0 atom stereocenters. The number of hydrogen-bond donors (Lipinski definition) is 1. The third-order valence-corrected chi connectivity index (χ3v) is 6.22. The first-order valence-corrected chi connectivity index (χ1v) is 11.1. The van der Waals surface area contributed by atoms with Crippen molar-refractivity contribution < 1.29 is 13.2 Å². The van der Waals surface area contributed by atoms with Gasteiger partial charge >= 0.3 is 0 Å². The van der Waals surface area contributed by atoms with Crippen LogP contribution in [0, 0.1) is 0 Å². The fourth-order valence-corrected chi connectivity index (χ4v) is 3.36. The van der Waals surface area contributed by atoms with Crippen molar-refractivity contribution in [2.45, 2.75) is 30.5 Å². The molecule has 0 saturated carbocycles. The van der Waals surface area contributed by atoms with E-state index in [2.05, 4.69) is 4.72 Å². The topological polar surface area (TPSA) is 58.6 Å². The second kappa shape index (κ2) is 8.79. The molecule has 2 aromatic rings. The molecule has 0 heterocycles. The van der Waals surface area contributed by atoms with E-state index in [0.717, 1.165) is 11.3 Å².